The lowest BCUT2D eigenvalue weighted by Gasteiger charge is -2.12. The molecule has 0 fully saturated rings. The SMILES string of the molecule is CCNc1nc(SCC(=O)Nc2ccnn2C(C)C)nc2ccccc12. The van der Waals surface area contributed by atoms with Gasteiger partial charge >= 0.3 is 0 Å². The highest BCUT2D eigenvalue weighted by Crippen LogP contribution is 2.24. The molecule has 1 amide bonds. The summed E-state index contributed by atoms with van der Waals surface area (Å²) in [5.74, 6) is 1.60. The van der Waals surface area contributed by atoms with E-state index < -0.39 is 0 Å². The molecule has 136 valence electrons. The van der Waals surface area contributed by atoms with Crippen molar-refractivity contribution in [2.24, 2.45) is 0 Å². The van der Waals surface area contributed by atoms with Gasteiger partial charge in [-0.3, -0.25) is 4.79 Å². The van der Waals surface area contributed by atoms with Crippen molar-refractivity contribution in [2.75, 3.05) is 22.9 Å². The lowest BCUT2D eigenvalue weighted by Crippen LogP contribution is -2.18. The molecule has 26 heavy (non-hydrogen) atoms. The Bertz CT molecular complexity index is 908. The van der Waals surface area contributed by atoms with E-state index in [-0.39, 0.29) is 17.7 Å². The van der Waals surface area contributed by atoms with E-state index in [0.29, 0.717) is 11.0 Å². The molecule has 8 heteroatoms. The van der Waals surface area contributed by atoms with Crippen LogP contribution in [-0.2, 0) is 4.79 Å². The number of anilines is 2. The number of aromatic nitrogens is 4. The van der Waals surface area contributed by atoms with E-state index >= 15 is 0 Å². The highest BCUT2D eigenvalue weighted by Gasteiger charge is 2.12. The summed E-state index contributed by atoms with van der Waals surface area (Å²) in [7, 11) is 0. The van der Waals surface area contributed by atoms with Gasteiger partial charge in [0.25, 0.3) is 0 Å². The van der Waals surface area contributed by atoms with E-state index in [1.165, 1.54) is 11.8 Å². The lowest BCUT2D eigenvalue weighted by atomic mass is 10.2. The Hall–Kier alpha value is -2.61. The first-order valence-electron chi connectivity index (χ1n) is 8.55. The maximum Gasteiger partial charge on any atom is 0.235 e. The molecule has 3 aromatic rings. The van der Waals surface area contributed by atoms with Gasteiger partial charge in [0.2, 0.25) is 5.91 Å². The van der Waals surface area contributed by atoms with Gasteiger partial charge in [-0.2, -0.15) is 5.10 Å². The first-order valence-corrected chi connectivity index (χ1v) is 9.54. The summed E-state index contributed by atoms with van der Waals surface area (Å²) in [4.78, 5) is 21.4. The van der Waals surface area contributed by atoms with Crippen LogP contribution < -0.4 is 10.6 Å². The Balaban J connectivity index is 1.71. The molecule has 0 unspecified atom stereocenters. The zero-order valence-electron chi connectivity index (χ0n) is 15.1. The Morgan fingerprint density at radius 2 is 2.04 bits per heavy atom. The Morgan fingerprint density at radius 1 is 1.23 bits per heavy atom. The molecule has 2 N–H and O–H groups in total. The third-order valence-electron chi connectivity index (χ3n) is 3.69. The third kappa shape index (κ3) is 4.13. The number of para-hydroxylation sites is 1. The third-order valence-corrected chi connectivity index (χ3v) is 4.53. The molecule has 0 atom stereocenters. The van der Waals surface area contributed by atoms with Crippen LogP contribution in [0.1, 0.15) is 26.8 Å². The second-order valence-corrected chi connectivity index (χ2v) is 6.94. The number of amides is 1. The van der Waals surface area contributed by atoms with Gasteiger partial charge in [0.05, 0.1) is 17.5 Å². The Kier molecular flexibility index (Phi) is 5.72. The molecule has 2 heterocycles. The van der Waals surface area contributed by atoms with Crippen molar-refractivity contribution in [3.8, 4) is 0 Å². The van der Waals surface area contributed by atoms with Crippen molar-refractivity contribution < 1.29 is 4.79 Å². The molecular formula is C18H22N6OS. The molecule has 7 nitrogen and oxygen atoms in total. The molecule has 0 saturated heterocycles. The zero-order valence-corrected chi connectivity index (χ0v) is 15.9. The number of nitrogens with zero attached hydrogens (tertiary/aromatic N) is 4. The van der Waals surface area contributed by atoms with Gasteiger partial charge in [-0.05, 0) is 32.9 Å². The van der Waals surface area contributed by atoms with Crippen LogP contribution in [0.25, 0.3) is 10.9 Å². The number of benzene rings is 1. The maximum atomic E-state index is 12.3. The summed E-state index contributed by atoms with van der Waals surface area (Å²) in [5, 5.41) is 11.9. The maximum absolute atomic E-state index is 12.3. The minimum Gasteiger partial charge on any atom is -0.370 e. The highest BCUT2D eigenvalue weighted by atomic mass is 32.2. The number of fused-ring (bicyclic) bond motifs is 1. The minimum absolute atomic E-state index is 0.112. The first kappa shape index (κ1) is 18.2. The topological polar surface area (TPSA) is 84.7 Å². The van der Waals surface area contributed by atoms with E-state index in [4.69, 9.17) is 0 Å². The van der Waals surface area contributed by atoms with E-state index in [1.807, 2.05) is 45.0 Å². The van der Waals surface area contributed by atoms with Crippen molar-refractivity contribution in [3.05, 3.63) is 36.5 Å². The van der Waals surface area contributed by atoms with Crippen molar-refractivity contribution in [1.29, 1.82) is 0 Å². The summed E-state index contributed by atoms with van der Waals surface area (Å²) in [6, 6.07) is 9.81. The fraction of sp³-hybridized carbons (Fsp3) is 0.333. The molecule has 2 aromatic heterocycles. The monoisotopic (exact) mass is 370 g/mol. The zero-order chi connectivity index (χ0) is 18.5. The van der Waals surface area contributed by atoms with Crippen LogP contribution in [0.15, 0.2) is 41.7 Å². The molecule has 1 aromatic carbocycles. The average molecular weight is 370 g/mol. The van der Waals surface area contributed by atoms with Gasteiger partial charge in [-0.1, -0.05) is 23.9 Å². The molecule has 0 spiro atoms. The van der Waals surface area contributed by atoms with Gasteiger partial charge in [0.15, 0.2) is 5.16 Å². The second kappa shape index (κ2) is 8.18. The van der Waals surface area contributed by atoms with Gasteiger partial charge in [0, 0.05) is 24.0 Å². The molecule has 3 rings (SSSR count). The van der Waals surface area contributed by atoms with Crippen molar-refractivity contribution in [3.63, 3.8) is 0 Å². The largest absolute Gasteiger partial charge is 0.370 e. The van der Waals surface area contributed by atoms with Gasteiger partial charge in [-0.25, -0.2) is 14.6 Å². The summed E-state index contributed by atoms with van der Waals surface area (Å²) in [6.45, 7) is 6.82. The number of carbonyl (C=O) groups is 1. The van der Waals surface area contributed by atoms with Crippen LogP contribution in [-0.4, -0.2) is 38.0 Å². The lowest BCUT2D eigenvalue weighted by molar-refractivity contribution is -0.113. The summed E-state index contributed by atoms with van der Waals surface area (Å²) >= 11 is 1.32. The van der Waals surface area contributed by atoms with E-state index in [9.17, 15) is 4.79 Å². The predicted octanol–water partition coefficient (Wildman–Crippen LogP) is 3.57. The van der Waals surface area contributed by atoms with Gasteiger partial charge in [-0.15, -0.1) is 0 Å². The van der Waals surface area contributed by atoms with Crippen LogP contribution in [0.2, 0.25) is 0 Å². The summed E-state index contributed by atoms with van der Waals surface area (Å²) in [5.41, 5.74) is 0.860. The van der Waals surface area contributed by atoms with Crippen LogP contribution >= 0.6 is 11.8 Å². The number of carbonyl (C=O) groups excluding carboxylic acids is 1. The van der Waals surface area contributed by atoms with Crippen molar-refractivity contribution >= 4 is 40.2 Å². The van der Waals surface area contributed by atoms with Gasteiger partial charge < -0.3 is 10.6 Å². The fourth-order valence-corrected chi connectivity index (χ4v) is 3.21. The second-order valence-electron chi connectivity index (χ2n) is 5.99. The van der Waals surface area contributed by atoms with E-state index in [2.05, 4.69) is 25.7 Å². The first-order chi connectivity index (χ1) is 12.6. The highest BCUT2D eigenvalue weighted by molar-refractivity contribution is 7.99. The molecule has 0 bridgehead atoms. The van der Waals surface area contributed by atoms with Crippen LogP contribution in [0.5, 0.6) is 0 Å². The average Bonchev–Trinajstić information content (AvgIpc) is 3.08. The van der Waals surface area contributed by atoms with Crippen LogP contribution in [0.4, 0.5) is 11.6 Å². The van der Waals surface area contributed by atoms with Crippen molar-refractivity contribution in [2.45, 2.75) is 32.0 Å². The molecule has 0 aliphatic carbocycles. The number of hydrogen-bond donors (Lipinski definition) is 2. The van der Waals surface area contributed by atoms with Crippen LogP contribution in [0, 0.1) is 0 Å². The summed E-state index contributed by atoms with van der Waals surface area (Å²) < 4.78 is 1.78. The number of nitrogens with one attached hydrogen (secondary N) is 2. The molecule has 0 aliphatic rings. The smallest absolute Gasteiger partial charge is 0.235 e. The quantitative estimate of drug-likeness (QED) is 0.488. The van der Waals surface area contributed by atoms with Crippen molar-refractivity contribution in [1.82, 2.24) is 19.7 Å². The molecule has 0 radical (unpaired) electrons. The van der Waals surface area contributed by atoms with Gasteiger partial charge in [0.1, 0.15) is 11.6 Å². The molecular weight excluding hydrogens is 348 g/mol. The standard InChI is InChI=1S/C18H22N6OS/c1-4-19-17-13-7-5-6-8-14(13)21-18(23-17)26-11-16(25)22-15-9-10-20-24(15)12(2)3/h5-10,12H,4,11H2,1-3H3,(H,22,25)(H,19,21,23). The molecule has 0 saturated carbocycles. The van der Waals surface area contributed by atoms with Crippen LogP contribution in [0.3, 0.4) is 0 Å². The number of thioether (sulfide) groups is 1. The number of rotatable bonds is 7. The Morgan fingerprint density at radius 3 is 2.81 bits per heavy atom. The molecule has 0 aliphatic heterocycles. The normalized spacial score (nSPS) is 11.1. The Labute approximate surface area is 156 Å². The predicted molar refractivity (Wildman–Crippen MR) is 106 cm³/mol. The van der Waals surface area contributed by atoms with E-state index in [1.54, 1.807) is 16.9 Å². The fourth-order valence-electron chi connectivity index (χ4n) is 2.56. The number of hydrogen-bond acceptors (Lipinski definition) is 6. The van der Waals surface area contributed by atoms with E-state index in [0.717, 1.165) is 23.3 Å². The minimum atomic E-state index is -0.112. The summed E-state index contributed by atoms with van der Waals surface area (Å²) in [6.07, 6.45) is 1.68.